The fourth-order valence-corrected chi connectivity index (χ4v) is 3.24. The van der Waals surface area contributed by atoms with E-state index < -0.39 is 6.04 Å². The summed E-state index contributed by atoms with van der Waals surface area (Å²) >= 11 is 0. The molecule has 136 valence electrons. The molecule has 0 spiro atoms. The molecule has 2 heterocycles. The first-order valence-corrected chi connectivity index (χ1v) is 8.45. The van der Waals surface area contributed by atoms with E-state index in [0.717, 1.165) is 5.56 Å². The van der Waals surface area contributed by atoms with Crippen LogP contribution in [0.3, 0.4) is 0 Å². The zero-order valence-corrected chi connectivity index (χ0v) is 14.6. The Morgan fingerprint density at radius 3 is 2.70 bits per heavy atom. The average Bonchev–Trinajstić information content (AvgIpc) is 2.92. The van der Waals surface area contributed by atoms with Gasteiger partial charge < -0.3 is 15.4 Å². The summed E-state index contributed by atoms with van der Waals surface area (Å²) in [7, 11) is 0. The van der Waals surface area contributed by atoms with Gasteiger partial charge in [-0.05, 0) is 31.2 Å². The number of hydrogen-bond donors (Lipinski definition) is 2. The summed E-state index contributed by atoms with van der Waals surface area (Å²) in [6.07, 6.45) is 0. The van der Waals surface area contributed by atoms with Crippen molar-refractivity contribution in [3.05, 3.63) is 60.2 Å². The molecule has 0 aromatic heterocycles. The van der Waals surface area contributed by atoms with Gasteiger partial charge in [0.1, 0.15) is 11.8 Å². The predicted octanol–water partition coefficient (Wildman–Crippen LogP) is 2.47. The lowest BCUT2D eigenvalue weighted by atomic mass is 10.1. The molecule has 2 N–H and O–H groups in total. The molecule has 3 amide bonds. The maximum atomic E-state index is 12.7. The van der Waals surface area contributed by atoms with Gasteiger partial charge in [-0.15, -0.1) is 0 Å². The molecule has 0 aliphatic carbocycles. The molecule has 2 aromatic carbocycles. The number of benzene rings is 2. The zero-order chi connectivity index (χ0) is 19.1. The highest BCUT2D eigenvalue weighted by Gasteiger charge is 2.36. The second kappa shape index (κ2) is 6.28. The van der Waals surface area contributed by atoms with Crippen LogP contribution in [0.15, 0.2) is 49.0 Å². The highest BCUT2D eigenvalue weighted by Crippen LogP contribution is 2.34. The van der Waals surface area contributed by atoms with Crippen LogP contribution in [0.25, 0.3) is 5.70 Å². The van der Waals surface area contributed by atoms with Crippen LogP contribution in [0, 0.1) is 0 Å². The third-order valence-corrected chi connectivity index (χ3v) is 4.62. The van der Waals surface area contributed by atoms with Gasteiger partial charge in [-0.1, -0.05) is 24.8 Å². The third-order valence-electron chi connectivity index (χ3n) is 4.62. The Morgan fingerprint density at radius 2 is 1.96 bits per heavy atom. The minimum Gasteiger partial charge on any atom is -0.482 e. The summed E-state index contributed by atoms with van der Waals surface area (Å²) in [5.41, 5.74) is 2.76. The van der Waals surface area contributed by atoms with Gasteiger partial charge in [-0.25, -0.2) is 0 Å². The molecule has 7 nitrogen and oxygen atoms in total. The van der Waals surface area contributed by atoms with Crippen molar-refractivity contribution in [1.29, 1.82) is 0 Å². The van der Waals surface area contributed by atoms with E-state index in [1.807, 2.05) is 12.1 Å². The van der Waals surface area contributed by atoms with Crippen LogP contribution in [-0.4, -0.2) is 35.3 Å². The van der Waals surface area contributed by atoms with Crippen molar-refractivity contribution in [3.8, 4) is 5.75 Å². The van der Waals surface area contributed by atoms with Crippen LogP contribution >= 0.6 is 0 Å². The number of carbonyl (C=O) groups is 3. The average molecular weight is 363 g/mol. The van der Waals surface area contributed by atoms with E-state index in [-0.39, 0.29) is 24.3 Å². The topological polar surface area (TPSA) is 87.7 Å². The second-order valence-electron chi connectivity index (χ2n) is 6.38. The molecule has 0 saturated carbocycles. The number of ether oxygens (including phenoxy) is 1. The van der Waals surface area contributed by atoms with E-state index in [0.29, 0.717) is 28.4 Å². The Kier molecular flexibility index (Phi) is 3.92. The molecule has 0 unspecified atom stereocenters. The zero-order valence-electron chi connectivity index (χ0n) is 14.6. The van der Waals surface area contributed by atoms with E-state index in [4.69, 9.17) is 4.74 Å². The fourth-order valence-electron chi connectivity index (χ4n) is 3.24. The van der Waals surface area contributed by atoms with Crippen LogP contribution in [0.2, 0.25) is 0 Å². The van der Waals surface area contributed by atoms with E-state index >= 15 is 0 Å². The Balaban J connectivity index is 1.52. The van der Waals surface area contributed by atoms with Crippen LogP contribution in [0.5, 0.6) is 5.75 Å². The van der Waals surface area contributed by atoms with E-state index in [9.17, 15) is 14.4 Å². The minimum atomic E-state index is -0.751. The van der Waals surface area contributed by atoms with Crippen molar-refractivity contribution in [1.82, 2.24) is 4.90 Å². The Bertz CT molecular complexity index is 963. The minimum absolute atomic E-state index is 0.0323. The number of rotatable bonds is 3. The van der Waals surface area contributed by atoms with Crippen LogP contribution in [-0.2, 0) is 9.59 Å². The quantitative estimate of drug-likeness (QED) is 0.877. The van der Waals surface area contributed by atoms with Crippen LogP contribution in [0.4, 0.5) is 11.4 Å². The number of nitrogens with zero attached hydrogens (tertiary/aromatic N) is 1. The van der Waals surface area contributed by atoms with E-state index in [2.05, 4.69) is 17.2 Å². The van der Waals surface area contributed by atoms with Crippen molar-refractivity contribution in [3.63, 3.8) is 0 Å². The monoisotopic (exact) mass is 363 g/mol. The van der Waals surface area contributed by atoms with E-state index in [1.54, 1.807) is 37.3 Å². The number of anilines is 2. The molecular weight excluding hydrogens is 346 g/mol. The lowest BCUT2D eigenvalue weighted by Crippen LogP contribution is -2.41. The number of nitrogens with one attached hydrogen (secondary N) is 2. The molecule has 27 heavy (non-hydrogen) atoms. The van der Waals surface area contributed by atoms with Gasteiger partial charge in [-0.3, -0.25) is 19.3 Å². The first-order chi connectivity index (χ1) is 13.0. The predicted molar refractivity (Wildman–Crippen MR) is 100 cm³/mol. The van der Waals surface area contributed by atoms with Gasteiger partial charge in [0.2, 0.25) is 5.91 Å². The first-order valence-electron chi connectivity index (χ1n) is 8.45. The Labute approximate surface area is 155 Å². The summed E-state index contributed by atoms with van der Waals surface area (Å²) in [6, 6.07) is 11.4. The highest BCUT2D eigenvalue weighted by molar-refractivity contribution is 6.12. The lowest BCUT2D eigenvalue weighted by molar-refractivity contribution is -0.119. The Hall–Kier alpha value is -3.61. The van der Waals surface area contributed by atoms with Gasteiger partial charge in [0, 0.05) is 22.5 Å². The molecule has 0 bridgehead atoms. The number of amides is 3. The van der Waals surface area contributed by atoms with Crippen molar-refractivity contribution in [2.75, 3.05) is 17.2 Å². The summed E-state index contributed by atoms with van der Waals surface area (Å²) < 4.78 is 5.30. The molecule has 2 aliphatic rings. The second-order valence-corrected chi connectivity index (χ2v) is 6.38. The molecule has 4 rings (SSSR count). The summed E-state index contributed by atoms with van der Waals surface area (Å²) in [5, 5.41) is 5.46. The molecule has 0 saturated heterocycles. The maximum Gasteiger partial charge on any atom is 0.262 e. The van der Waals surface area contributed by atoms with Gasteiger partial charge in [0.15, 0.2) is 6.61 Å². The molecule has 1 atom stereocenters. The molecule has 2 aliphatic heterocycles. The third kappa shape index (κ3) is 2.83. The molecular formula is C20H17N3O4. The van der Waals surface area contributed by atoms with Gasteiger partial charge in [0.05, 0.1) is 5.69 Å². The van der Waals surface area contributed by atoms with Crippen molar-refractivity contribution >= 4 is 34.8 Å². The summed E-state index contributed by atoms with van der Waals surface area (Å²) in [4.78, 5) is 38.2. The maximum absolute atomic E-state index is 12.7. The van der Waals surface area contributed by atoms with Gasteiger partial charge in [-0.2, -0.15) is 0 Å². The molecule has 2 aromatic rings. The fraction of sp³-hybridized carbons (Fsp3) is 0.150. The molecule has 0 radical (unpaired) electrons. The number of hydrogen-bond acceptors (Lipinski definition) is 4. The van der Waals surface area contributed by atoms with Gasteiger partial charge in [0.25, 0.3) is 11.8 Å². The molecule has 0 fully saturated rings. The summed E-state index contributed by atoms with van der Waals surface area (Å²) in [5.74, 6) is -0.320. The normalized spacial score (nSPS) is 16.2. The van der Waals surface area contributed by atoms with E-state index in [1.165, 1.54) is 4.90 Å². The van der Waals surface area contributed by atoms with Crippen molar-refractivity contribution < 1.29 is 19.1 Å². The SMILES string of the molecule is C=C1c2ccccc2C(=O)N1[C@@H](C)C(=O)Nc1ccc2c(c1)NC(=O)CO2. The summed E-state index contributed by atoms with van der Waals surface area (Å²) in [6.45, 7) is 5.58. The number of carbonyl (C=O) groups excluding carboxylic acids is 3. The lowest BCUT2D eigenvalue weighted by Gasteiger charge is -2.25. The van der Waals surface area contributed by atoms with Crippen molar-refractivity contribution in [2.24, 2.45) is 0 Å². The first kappa shape index (κ1) is 16.8. The van der Waals surface area contributed by atoms with Crippen molar-refractivity contribution in [2.45, 2.75) is 13.0 Å². The largest absolute Gasteiger partial charge is 0.482 e. The molecule has 7 heteroatoms. The Morgan fingerprint density at radius 1 is 1.22 bits per heavy atom. The standard InChI is InChI=1S/C20H17N3O4/c1-11-14-5-3-4-6-15(14)20(26)23(11)12(2)19(25)21-13-7-8-17-16(9-13)22-18(24)10-27-17/h3-9,12H,1,10H2,2H3,(H,21,25)(H,22,24)/t12-/m0/s1. The van der Waals surface area contributed by atoms with Crippen LogP contribution < -0.4 is 15.4 Å². The number of fused-ring (bicyclic) bond motifs is 2. The van der Waals surface area contributed by atoms with Crippen LogP contribution in [0.1, 0.15) is 22.8 Å². The highest BCUT2D eigenvalue weighted by atomic mass is 16.5. The van der Waals surface area contributed by atoms with Gasteiger partial charge >= 0.3 is 0 Å². The smallest absolute Gasteiger partial charge is 0.262 e.